The quantitative estimate of drug-likeness (QED) is 0.411. The first-order chi connectivity index (χ1) is 4.61. The average molecular weight is 146 g/mol. The van der Waals surface area contributed by atoms with Crippen LogP contribution in [0.25, 0.3) is 0 Å². The lowest BCUT2D eigenvalue weighted by atomic mass is 10.2. The molecule has 0 aliphatic carbocycles. The van der Waals surface area contributed by atoms with Crippen molar-refractivity contribution in [2.45, 2.75) is 18.6 Å². The molecule has 0 bridgehead atoms. The molecule has 58 valence electrons. The number of aliphatic hydroxyl groups excluding tert-OH is 1. The first-order valence-electron chi connectivity index (χ1n) is 3.04. The van der Waals surface area contributed by atoms with Gasteiger partial charge in [-0.1, -0.05) is 0 Å². The van der Waals surface area contributed by atoms with Crippen LogP contribution in [-0.4, -0.2) is 40.0 Å². The minimum atomic E-state index is -0.713. The van der Waals surface area contributed by atoms with E-state index in [0.717, 1.165) is 5.06 Å². The molecule has 1 heterocycles. The number of amides is 1. The number of nitrogens with two attached hydrogens (primary N) is 1. The van der Waals surface area contributed by atoms with Crippen LogP contribution in [0.5, 0.6) is 0 Å². The van der Waals surface area contributed by atoms with Gasteiger partial charge < -0.3 is 16.0 Å². The van der Waals surface area contributed by atoms with Crippen LogP contribution in [0.2, 0.25) is 0 Å². The smallest absolute Gasteiger partial charge is 0.237 e. The average Bonchev–Trinajstić information content (AvgIpc) is 2.10. The van der Waals surface area contributed by atoms with Gasteiger partial charge in [-0.2, -0.15) is 5.06 Å². The zero-order chi connectivity index (χ0) is 7.72. The first kappa shape index (κ1) is 7.46. The van der Waals surface area contributed by atoms with Crippen LogP contribution in [0, 0.1) is 0 Å². The van der Waals surface area contributed by atoms with Crippen LogP contribution in [0.15, 0.2) is 0 Å². The van der Waals surface area contributed by atoms with Crippen LogP contribution < -0.4 is 5.73 Å². The first-order valence-corrected chi connectivity index (χ1v) is 3.04. The third-order valence-electron chi connectivity index (χ3n) is 1.58. The van der Waals surface area contributed by atoms with Crippen LogP contribution >= 0.6 is 0 Å². The van der Waals surface area contributed by atoms with Gasteiger partial charge >= 0.3 is 0 Å². The molecule has 10 heavy (non-hydrogen) atoms. The Morgan fingerprint density at radius 3 is 2.50 bits per heavy atom. The third-order valence-corrected chi connectivity index (χ3v) is 1.58. The van der Waals surface area contributed by atoms with Crippen LogP contribution in [0.3, 0.4) is 0 Å². The number of aliphatic hydroxyl groups is 1. The Hall–Kier alpha value is -0.650. The minimum absolute atomic E-state index is 0.105. The van der Waals surface area contributed by atoms with Gasteiger partial charge in [0.05, 0.1) is 12.6 Å². The Bertz CT molecular complexity index is 150. The molecule has 5 nitrogen and oxygen atoms in total. The lowest BCUT2D eigenvalue weighted by Crippen LogP contribution is -2.38. The maximum absolute atomic E-state index is 10.5. The zero-order valence-corrected chi connectivity index (χ0v) is 5.40. The molecule has 2 unspecified atom stereocenters. The van der Waals surface area contributed by atoms with Crippen molar-refractivity contribution >= 4 is 5.91 Å². The molecule has 1 aliphatic heterocycles. The molecule has 1 rings (SSSR count). The van der Waals surface area contributed by atoms with Gasteiger partial charge in [0.1, 0.15) is 6.04 Å². The second kappa shape index (κ2) is 2.53. The van der Waals surface area contributed by atoms with E-state index in [1.165, 1.54) is 0 Å². The van der Waals surface area contributed by atoms with E-state index in [2.05, 4.69) is 0 Å². The molecular weight excluding hydrogens is 136 g/mol. The molecule has 1 aliphatic rings. The third kappa shape index (κ3) is 1.26. The van der Waals surface area contributed by atoms with Gasteiger partial charge in [-0.05, 0) is 0 Å². The van der Waals surface area contributed by atoms with Crippen molar-refractivity contribution in [3.05, 3.63) is 0 Å². The number of hydrogen-bond acceptors (Lipinski definition) is 4. The number of hydroxylamine groups is 2. The molecule has 2 atom stereocenters. The van der Waals surface area contributed by atoms with Crippen LogP contribution in [-0.2, 0) is 4.79 Å². The Balaban J connectivity index is 2.54. The Morgan fingerprint density at radius 1 is 1.70 bits per heavy atom. The minimum Gasteiger partial charge on any atom is -0.392 e. The van der Waals surface area contributed by atoms with E-state index in [4.69, 9.17) is 16.0 Å². The highest BCUT2D eigenvalue weighted by molar-refractivity contribution is 5.80. The van der Waals surface area contributed by atoms with Crippen molar-refractivity contribution < 1.29 is 15.1 Å². The number of β-amino-alcohol motifs (C(OH)–C–C–N with tert-alkyl or cyclic N) is 1. The molecular formula is C5H10N2O3. The number of rotatable bonds is 1. The highest BCUT2D eigenvalue weighted by atomic mass is 16.5. The predicted octanol–water partition coefficient (Wildman–Crippen LogP) is -1.70. The van der Waals surface area contributed by atoms with Gasteiger partial charge in [0, 0.05) is 6.42 Å². The fourth-order valence-corrected chi connectivity index (χ4v) is 1.06. The molecule has 1 fully saturated rings. The van der Waals surface area contributed by atoms with Crippen molar-refractivity contribution in [1.29, 1.82) is 0 Å². The topological polar surface area (TPSA) is 86.8 Å². The van der Waals surface area contributed by atoms with Gasteiger partial charge in [0.25, 0.3) is 0 Å². The summed E-state index contributed by atoms with van der Waals surface area (Å²) in [4.78, 5) is 10.5. The zero-order valence-electron chi connectivity index (χ0n) is 5.40. The highest BCUT2D eigenvalue weighted by Crippen LogP contribution is 2.14. The SMILES string of the molecule is NC(=O)C1CC(O)CN1O. The maximum Gasteiger partial charge on any atom is 0.237 e. The number of hydrogen-bond donors (Lipinski definition) is 3. The van der Waals surface area contributed by atoms with E-state index in [1.807, 2.05) is 0 Å². The molecule has 0 radical (unpaired) electrons. The second-order valence-corrected chi connectivity index (χ2v) is 2.43. The summed E-state index contributed by atoms with van der Waals surface area (Å²) in [5.41, 5.74) is 4.90. The molecule has 5 heteroatoms. The van der Waals surface area contributed by atoms with Crippen molar-refractivity contribution in [2.75, 3.05) is 6.54 Å². The highest BCUT2D eigenvalue weighted by Gasteiger charge is 2.33. The van der Waals surface area contributed by atoms with Crippen LogP contribution in [0.1, 0.15) is 6.42 Å². The van der Waals surface area contributed by atoms with Gasteiger partial charge in [0.15, 0.2) is 0 Å². The van der Waals surface area contributed by atoms with E-state index in [-0.39, 0.29) is 13.0 Å². The lowest BCUT2D eigenvalue weighted by Gasteiger charge is -2.11. The van der Waals surface area contributed by atoms with E-state index in [9.17, 15) is 4.79 Å². The Kier molecular flexibility index (Phi) is 1.89. The molecule has 0 aromatic heterocycles. The Labute approximate surface area is 58.0 Å². The summed E-state index contributed by atoms with van der Waals surface area (Å²) in [5.74, 6) is -0.598. The summed E-state index contributed by atoms with van der Waals surface area (Å²) in [6.45, 7) is 0.105. The van der Waals surface area contributed by atoms with E-state index in [0.29, 0.717) is 0 Å². The number of primary amides is 1. The van der Waals surface area contributed by atoms with Crippen molar-refractivity contribution in [3.63, 3.8) is 0 Å². The van der Waals surface area contributed by atoms with E-state index < -0.39 is 18.1 Å². The fourth-order valence-electron chi connectivity index (χ4n) is 1.06. The van der Waals surface area contributed by atoms with Gasteiger partial charge in [-0.3, -0.25) is 4.79 Å². The van der Waals surface area contributed by atoms with Gasteiger partial charge in [-0.25, -0.2) is 0 Å². The normalized spacial score (nSPS) is 34.6. The largest absolute Gasteiger partial charge is 0.392 e. The molecule has 1 amide bonds. The summed E-state index contributed by atoms with van der Waals surface area (Å²) in [7, 11) is 0. The Morgan fingerprint density at radius 2 is 2.30 bits per heavy atom. The van der Waals surface area contributed by atoms with E-state index >= 15 is 0 Å². The lowest BCUT2D eigenvalue weighted by molar-refractivity contribution is -0.143. The summed E-state index contributed by atoms with van der Waals surface area (Å²) >= 11 is 0. The van der Waals surface area contributed by atoms with Gasteiger partial charge in [0.2, 0.25) is 5.91 Å². The summed E-state index contributed by atoms with van der Waals surface area (Å²) in [5, 5.41) is 18.6. The summed E-state index contributed by atoms with van der Waals surface area (Å²) < 4.78 is 0. The fraction of sp³-hybridized carbons (Fsp3) is 0.800. The monoisotopic (exact) mass is 146 g/mol. The van der Waals surface area contributed by atoms with Crippen molar-refractivity contribution in [3.8, 4) is 0 Å². The predicted molar refractivity (Wildman–Crippen MR) is 32.1 cm³/mol. The summed E-state index contributed by atoms with van der Waals surface area (Å²) in [6.07, 6.45) is -0.409. The second-order valence-electron chi connectivity index (χ2n) is 2.43. The molecule has 0 aromatic carbocycles. The molecule has 0 spiro atoms. The molecule has 4 N–H and O–H groups in total. The summed E-state index contributed by atoms with van der Waals surface area (Å²) in [6, 6.07) is -0.713. The van der Waals surface area contributed by atoms with Crippen molar-refractivity contribution in [1.82, 2.24) is 5.06 Å². The standard InChI is InChI=1S/C5H10N2O3/c6-5(9)4-1-3(8)2-7(4)10/h3-4,8,10H,1-2H2,(H2,6,9). The maximum atomic E-state index is 10.5. The van der Waals surface area contributed by atoms with Crippen molar-refractivity contribution in [2.24, 2.45) is 5.73 Å². The van der Waals surface area contributed by atoms with Crippen LogP contribution in [0.4, 0.5) is 0 Å². The number of nitrogens with zero attached hydrogens (tertiary/aromatic N) is 1. The van der Waals surface area contributed by atoms with Gasteiger partial charge in [-0.15, -0.1) is 0 Å². The number of carbonyl (C=O) groups excluding carboxylic acids is 1. The number of carbonyl (C=O) groups is 1. The molecule has 0 saturated carbocycles. The molecule has 1 saturated heterocycles. The van der Waals surface area contributed by atoms with E-state index in [1.54, 1.807) is 0 Å². The molecule has 0 aromatic rings.